The number of nitrogen functional groups attached to an aromatic ring is 1. The van der Waals surface area contributed by atoms with E-state index in [0.717, 1.165) is 26.2 Å². The molecular formula is C13H8BrClN2OS. The summed E-state index contributed by atoms with van der Waals surface area (Å²) < 4.78 is 5.94. The van der Waals surface area contributed by atoms with Crippen molar-refractivity contribution in [2.45, 2.75) is 0 Å². The van der Waals surface area contributed by atoms with Crippen molar-refractivity contribution < 1.29 is 4.52 Å². The molecule has 0 unspecified atom stereocenters. The molecule has 2 heterocycles. The van der Waals surface area contributed by atoms with Crippen molar-refractivity contribution in [2.75, 3.05) is 5.73 Å². The third-order valence-corrected chi connectivity index (χ3v) is 4.78. The van der Waals surface area contributed by atoms with E-state index in [2.05, 4.69) is 21.1 Å². The van der Waals surface area contributed by atoms with Crippen LogP contribution < -0.4 is 5.73 Å². The molecule has 0 bridgehead atoms. The molecule has 0 amide bonds. The molecule has 3 nitrogen and oxygen atoms in total. The second-order valence-electron chi connectivity index (χ2n) is 3.88. The third kappa shape index (κ3) is 2.29. The number of anilines is 1. The van der Waals surface area contributed by atoms with Gasteiger partial charge in [0.1, 0.15) is 5.69 Å². The van der Waals surface area contributed by atoms with Crippen molar-refractivity contribution in [3.8, 4) is 21.7 Å². The van der Waals surface area contributed by atoms with E-state index in [9.17, 15) is 0 Å². The minimum Gasteiger partial charge on any atom is -0.367 e. The third-order valence-electron chi connectivity index (χ3n) is 2.68. The second-order valence-corrected chi connectivity index (χ2v) is 6.09. The highest BCUT2D eigenvalue weighted by atomic mass is 79.9. The maximum atomic E-state index is 6.00. The van der Waals surface area contributed by atoms with Crippen LogP contribution in [0.2, 0.25) is 5.02 Å². The first-order valence-corrected chi connectivity index (χ1v) is 7.46. The van der Waals surface area contributed by atoms with Gasteiger partial charge in [-0.2, -0.15) is 0 Å². The molecule has 0 radical (unpaired) electrons. The SMILES string of the molecule is Nc1onc(-c2ccc(Cl)c(Br)c2)c1-c1cccs1. The van der Waals surface area contributed by atoms with Gasteiger partial charge in [-0.05, 0) is 39.5 Å². The van der Waals surface area contributed by atoms with Crippen LogP contribution in [0.4, 0.5) is 5.88 Å². The van der Waals surface area contributed by atoms with Gasteiger partial charge in [0.2, 0.25) is 5.88 Å². The van der Waals surface area contributed by atoms with Gasteiger partial charge in [-0.15, -0.1) is 11.3 Å². The molecule has 2 N–H and O–H groups in total. The molecule has 0 saturated carbocycles. The van der Waals surface area contributed by atoms with E-state index < -0.39 is 0 Å². The van der Waals surface area contributed by atoms with E-state index in [-0.39, 0.29) is 0 Å². The highest BCUT2D eigenvalue weighted by Crippen LogP contribution is 2.39. The average molecular weight is 356 g/mol. The van der Waals surface area contributed by atoms with Crippen LogP contribution in [0.3, 0.4) is 0 Å². The van der Waals surface area contributed by atoms with Crippen molar-refractivity contribution >= 4 is 44.8 Å². The fourth-order valence-corrected chi connectivity index (χ4v) is 3.07. The minimum absolute atomic E-state index is 0.323. The second kappa shape index (κ2) is 5.00. The first kappa shape index (κ1) is 12.7. The molecule has 0 fully saturated rings. The molecule has 0 aliphatic rings. The standard InChI is InChI=1S/C13H8BrClN2OS/c14-8-6-7(3-4-9(8)15)12-11(13(16)18-17-12)10-2-1-5-19-10/h1-6H,16H2. The van der Waals surface area contributed by atoms with Crippen LogP contribution in [-0.2, 0) is 0 Å². The fraction of sp³-hybridized carbons (Fsp3) is 0. The van der Waals surface area contributed by atoms with Gasteiger partial charge in [-0.1, -0.05) is 28.9 Å². The van der Waals surface area contributed by atoms with E-state index in [4.69, 9.17) is 21.9 Å². The number of benzene rings is 1. The van der Waals surface area contributed by atoms with Gasteiger partial charge >= 0.3 is 0 Å². The predicted molar refractivity (Wildman–Crippen MR) is 82.4 cm³/mol. The summed E-state index contributed by atoms with van der Waals surface area (Å²) in [4.78, 5) is 1.03. The molecule has 0 saturated heterocycles. The van der Waals surface area contributed by atoms with Gasteiger partial charge in [0.05, 0.1) is 10.6 Å². The summed E-state index contributed by atoms with van der Waals surface area (Å²) in [5.41, 5.74) is 8.32. The van der Waals surface area contributed by atoms with E-state index in [1.807, 2.05) is 35.7 Å². The van der Waals surface area contributed by atoms with Crippen LogP contribution in [0.15, 0.2) is 44.7 Å². The van der Waals surface area contributed by atoms with E-state index in [1.54, 1.807) is 11.3 Å². The molecule has 0 atom stereocenters. The van der Waals surface area contributed by atoms with E-state index in [0.29, 0.717) is 10.9 Å². The zero-order chi connectivity index (χ0) is 13.4. The Morgan fingerprint density at radius 2 is 2.16 bits per heavy atom. The van der Waals surface area contributed by atoms with Crippen molar-refractivity contribution in [2.24, 2.45) is 0 Å². The van der Waals surface area contributed by atoms with Crippen LogP contribution >= 0.6 is 38.9 Å². The number of nitrogens with zero attached hydrogens (tertiary/aromatic N) is 1. The van der Waals surface area contributed by atoms with E-state index >= 15 is 0 Å². The molecule has 1 aromatic carbocycles. The quantitative estimate of drug-likeness (QED) is 0.698. The molecule has 96 valence electrons. The molecule has 3 aromatic rings. The topological polar surface area (TPSA) is 52.0 Å². The van der Waals surface area contributed by atoms with Gasteiger partial charge in [-0.25, -0.2) is 0 Å². The summed E-state index contributed by atoms with van der Waals surface area (Å²) in [6, 6.07) is 9.55. The highest BCUT2D eigenvalue weighted by molar-refractivity contribution is 9.10. The smallest absolute Gasteiger partial charge is 0.231 e. The molecule has 0 aliphatic heterocycles. The molecule has 19 heavy (non-hydrogen) atoms. The molecular weight excluding hydrogens is 348 g/mol. The summed E-state index contributed by atoms with van der Waals surface area (Å²) in [6.07, 6.45) is 0. The van der Waals surface area contributed by atoms with Crippen LogP contribution in [0.25, 0.3) is 21.7 Å². The maximum Gasteiger partial charge on any atom is 0.231 e. The lowest BCUT2D eigenvalue weighted by molar-refractivity contribution is 0.439. The zero-order valence-electron chi connectivity index (χ0n) is 9.56. The number of nitrogens with two attached hydrogens (primary N) is 1. The van der Waals surface area contributed by atoms with Crippen molar-refractivity contribution in [3.05, 3.63) is 45.2 Å². The van der Waals surface area contributed by atoms with Gasteiger partial charge in [0.15, 0.2) is 0 Å². The Labute approximate surface area is 127 Å². The van der Waals surface area contributed by atoms with Crippen LogP contribution in [0, 0.1) is 0 Å². The van der Waals surface area contributed by atoms with Crippen molar-refractivity contribution in [3.63, 3.8) is 0 Å². The van der Waals surface area contributed by atoms with Gasteiger partial charge in [0.25, 0.3) is 0 Å². The number of thiophene rings is 1. The summed E-state index contributed by atoms with van der Waals surface area (Å²) in [7, 11) is 0. The fourth-order valence-electron chi connectivity index (χ4n) is 1.80. The van der Waals surface area contributed by atoms with Crippen LogP contribution in [-0.4, -0.2) is 5.16 Å². The molecule has 0 spiro atoms. The normalized spacial score (nSPS) is 10.8. The number of aromatic nitrogens is 1. The Bertz CT molecular complexity index is 724. The van der Waals surface area contributed by atoms with Crippen molar-refractivity contribution in [1.29, 1.82) is 0 Å². The maximum absolute atomic E-state index is 6.00. The molecule has 2 aromatic heterocycles. The first-order chi connectivity index (χ1) is 9.16. The Balaban J connectivity index is 2.18. The average Bonchev–Trinajstić information content (AvgIpc) is 3.01. The minimum atomic E-state index is 0.323. The van der Waals surface area contributed by atoms with Gasteiger partial charge in [0, 0.05) is 14.9 Å². The molecule has 3 rings (SSSR count). The van der Waals surface area contributed by atoms with Crippen LogP contribution in [0.1, 0.15) is 0 Å². The number of rotatable bonds is 2. The first-order valence-electron chi connectivity index (χ1n) is 5.41. The Morgan fingerprint density at radius 3 is 2.84 bits per heavy atom. The molecule has 0 aliphatic carbocycles. The number of hydrogen-bond donors (Lipinski definition) is 1. The largest absolute Gasteiger partial charge is 0.367 e. The number of halogens is 2. The van der Waals surface area contributed by atoms with Gasteiger partial charge in [-0.3, -0.25) is 0 Å². The highest BCUT2D eigenvalue weighted by Gasteiger charge is 2.18. The Kier molecular flexibility index (Phi) is 3.35. The summed E-state index contributed by atoms with van der Waals surface area (Å²) in [5, 5.41) is 6.70. The summed E-state index contributed by atoms with van der Waals surface area (Å²) in [6.45, 7) is 0. The van der Waals surface area contributed by atoms with E-state index in [1.165, 1.54) is 0 Å². The zero-order valence-corrected chi connectivity index (χ0v) is 12.7. The molecule has 6 heteroatoms. The Hall–Kier alpha value is -1.30. The van der Waals surface area contributed by atoms with Crippen LogP contribution in [0.5, 0.6) is 0 Å². The lowest BCUT2D eigenvalue weighted by atomic mass is 10.1. The summed E-state index contributed by atoms with van der Waals surface area (Å²) in [5.74, 6) is 0.323. The lowest BCUT2D eigenvalue weighted by Gasteiger charge is -2.02. The summed E-state index contributed by atoms with van der Waals surface area (Å²) >= 11 is 11.0. The lowest BCUT2D eigenvalue weighted by Crippen LogP contribution is -1.86. The monoisotopic (exact) mass is 354 g/mol. The van der Waals surface area contributed by atoms with Crippen molar-refractivity contribution in [1.82, 2.24) is 5.16 Å². The van der Waals surface area contributed by atoms with Gasteiger partial charge < -0.3 is 10.3 Å². The predicted octanol–water partition coefficient (Wildman–Crippen LogP) is 5.07. The Morgan fingerprint density at radius 1 is 1.32 bits per heavy atom. The number of hydrogen-bond acceptors (Lipinski definition) is 4.